The second-order valence-corrected chi connectivity index (χ2v) is 2.72. The number of halogens is 6. The summed E-state index contributed by atoms with van der Waals surface area (Å²) in [4.78, 5) is 0. The number of alkyl halides is 5. The zero-order valence-electron chi connectivity index (χ0n) is 4.08. The van der Waals surface area contributed by atoms with Crippen molar-refractivity contribution in [2.45, 2.75) is 10.5 Å². The van der Waals surface area contributed by atoms with Crippen LogP contribution in [0.25, 0.3) is 0 Å². The Morgan fingerprint density at radius 2 is 1.44 bits per heavy atom. The third kappa shape index (κ3) is 9.25. The summed E-state index contributed by atoms with van der Waals surface area (Å²) in [6.07, 6.45) is -4.32. The maximum absolute atomic E-state index is 11.0. The van der Waals surface area contributed by atoms with E-state index in [2.05, 4.69) is 27.5 Å². The van der Waals surface area contributed by atoms with Crippen molar-refractivity contribution in [2.24, 2.45) is 0 Å². The summed E-state index contributed by atoms with van der Waals surface area (Å²) in [6, 6.07) is 0. The maximum atomic E-state index is 11.0. The van der Waals surface area contributed by atoms with Gasteiger partial charge in [0, 0.05) is 0 Å². The molecule has 0 aliphatic carbocycles. The minimum absolute atomic E-state index is 0. The predicted molar refractivity (Wildman–Crippen MR) is 45.1 cm³/mol. The van der Waals surface area contributed by atoms with Gasteiger partial charge in [-0.2, -0.15) is 13.2 Å². The van der Waals surface area contributed by atoms with Crippen LogP contribution in [0, 0.1) is 0 Å². The van der Waals surface area contributed by atoms with E-state index in [9.17, 15) is 13.2 Å². The first-order chi connectivity index (χ1) is 2.94. The van der Waals surface area contributed by atoms with Gasteiger partial charge in [-0.25, -0.2) is 0 Å². The van der Waals surface area contributed by atoms with Gasteiger partial charge in [0.15, 0.2) is 4.29 Å². The average Bonchev–Trinajstić information content (AvgIpc) is 1.31. The van der Waals surface area contributed by atoms with E-state index in [0.29, 0.717) is 0 Å². The zero-order valence-corrected chi connectivity index (χ0v) is 8.75. The topological polar surface area (TPSA) is 35.0 Å². The maximum Gasteiger partial charge on any atom is 0.414 e. The Balaban J connectivity index is -0.000000180. The number of hydrogen-bond acceptors (Lipinski definition) is 1. The molecule has 0 radical (unpaired) electrons. The molecule has 0 saturated heterocycles. The smallest absolute Gasteiger partial charge is 0.344 e. The normalized spacial score (nSPS) is 13.0. The Bertz CT molecular complexity index is 67.3. The molecule has 0 aliphatic rings. The van der Waals surface area contributed by atoms with Gasteiger partial charge < -0.3 is 6.15 Å². The lowest BCUT2D eigenvalue weighted by Crippen LogP contribution is -2.16. The van der Waals surface area contributed by atoms with Crippen LogP contribution in [0.3, 0.4) is 0 Å². The molecule has 3 N–H and O–H groups in total. The van der Waals surface area contributed by atoms with Crippen LogP contribution >= 0.6 is 51.5 Å². The van der Waals surface area contributed by atoms with Crippen molar-refractivity contribution < 1.29 is 13.2 Å². The van der Waals surface area contributed by atoms with Gasteiger partial charge in [-0.3, -0.25) is 0 Å². The fraction of sp³-hybridized carbons (Fsp3) is 1.00. The Hall–Kier alpha value is 1.25. The van der Waals surface area contributed by atoms with E-state index >= 15 is 0 Å². The van der Waals surface area contributed by atoms with Gasteiger partial charge in [0.05, 0.1) is 0 Å². The van der Waals surface area contributed by atoms with E-state index < -0.39 is 10.5 Å². The van der Waals surface area contributed by atoms with Crippen molar-refractivity contribution in [3.05, 3.63) is 0 Å². The highest BCUT2D eigenvalue weighted by Crippen LogP contribution is 2.28. The summed E-state index contributed by atoms with van der Waals surface area (Å²) in [5.41, 5.74) is 0. The molecule has 0 bridgehead atoms. The fourth-order valence-corrected chi connectivity index (χ4v) is 0. The van der Waals surface area contributed by atoms with Crippen LogP contribution < -0.4 is 6.15 Å². The van der Waals surface area contributed by atoms with Crippen molar-refractivity contribution in [2.75, 3.05) is 0 Å². The van der Waals surface area contributed by atoms with Gasteiger partial charge in [0.1, 0.15) is 0 Å². The SMILES string of the molecule is FC(F)(F)C(Cl)Br.I.N. The molecule has 1 atom stereocenters. The molecular weight excluding hydrogens is 337 g/mol. The van der Waals surface area contributed by atoms with Crippen LogP contribution in [0.2, 0.25) is 0 Å². The van der Waals surface area contributed by atoms with Gasteiger partial charge in [0.25, 0.3) is 0 Å². The Kier molecular flexibility index (Phi) is 11.1. The summed E-state index contributed by atoms with van der Waals surface area (Å²) in [6.45, 7) is 0. The van der Waals surface area contributed by atoms with Gasteiger partial charge in [-0.05, 0) is 0 Å². The third-order valence-corrected chi connectivity index (χ3v) is 1.01. The van der Waals surface area contributed by atoms with Gasteiger partial charge in [-0.15, -0.1) is 35.6 Å². The average molecular weight is 342 g/mol. The summed E-state index contributed by atoms with van der Waals surface area (Å²) in [5, 5.41) is 0. The van der Waals surface area contributed by atoms with Gasteiger partial charge >= 0.3 is 6.18 Å². The highest BCUT2D eigenvalue weighted by Gasteiger charge is 2.35. The van der Waals surface area contributed by atoms with Crippen molar-refractivity contribution in [3.63, 3.8) is 0 Å². The molecule has 0 aromatic heterocycles. The Morgan fingerprint density at radius 1 is 1.33 bits per heavy atom. The minimum Gasteiger partial charge on any atom is -0.344 e. The molecule has 60 valence electrons. The fourth-order valence-electron chi connectivity index (χ4n) is 0. The molecule has 0 fully saturated rings. The molecule has 0 amide bonds. The third-order valence-electron chi connectivity index (χ3n) is 0.247. The van der Waals surface area contributed by atoms with Crippen molar-refractivity contribution in [1.29, 1.82) is 0 Å². The first-order valence-corrected chi connectivity index (χ1v) is 2.64. The van der Waals surface area contributed by atoms with Crippen LogP contribution in [0.4, 0.5) is 13.2 Å². The summed E-state index contributed by atoms with van der Waals surface area (Å²) < 4.78 is 31.1. The standard InChI is InChI=1S/C2HBrClF3.HI.H3N/c3-1(4)2(5,6)7;;/h1H;1H;1H3. The highest BCUT2D eigenvalue weighted by atomic mass is 127. The lowest BCUT2D eigenvalue weighted by atomic mass is 10.8. The molecule has 0 rings (SSSR count). The van der Waals surface area contributed by atoms with Crippen LogP contribution in [-0.2, 0) is 0 Å². The predicted octanol–water partition coefficient (Wildman–Crippen LogP) is 3.29. The first kappa shape index (κ1) is 16.7. The van der Waals surface area contributed by atoms with Gasteiger partial charge in [0.2, 0.25) is 0 Å². The van der Waals surface area contributed by atoms with E-state index in [1.807, 2.05) is 0 Å². The first-order valence-electron chi connectivity index (χ1n) is 1.29. The molecule has 7 heteroatoms. The second kappa shape index (κ2) is 5.99. The molecule has 1 nitrogen and oxygen atoms in total. The summed E-state index contributed by atoms with van der Waals surface area (Å²) >= 11 is 6.68. The molecule has 9 heavy (non-hydrogen) atoms. The Morgan fingerprint density at radius 3 is 1.44 bits per heavy atom. The van der Waals surface area contributed by atoms with E-state index in [0.717, 1.165) is 0 Å². The molecule has 0 aromatic carbocycles. The van der Waals surface area contributed by atoms with Crippen molar-refractivity contribution in [3.8, 4) is 0 Å². The summed E-state index contributed by atoms with van der Waals surface area (Å²) in [5.74, 6) is 0. The molecule has 0 heterocycles. The number of rotatable bonds is 0. The Labute approximate surface area is 81.1 Å². The van der Waals surface area contributed by atoms with E-state index in [-0.39, 0.29) is 30.1 Å². The molecule has 0 saturated carbocycles. The van der Waals surface area contributed by atoms with Gasteiger partial charge in [-0.1, -0.05) is 15.9 Å². The van der Waals surface area contributed by atoms with Crippen LogP contribution in [0.15, 0.2) is 0 Å². The van der Waals surface area contributed by atoms with E-state index in [1.165, 1.54) is 0 Å². The zero-order chi connectivity index (χ0) is 6.08. The molecule has 0 aromatic rings. The highest BCUT2D eigenvalue weighted by molar-refractivity contribution is 14.0. The molecule has 1 unspecified atom stereocenters. The van der Waals surface area contributed by atoms with Crippen molar-refractivity contribution in [1.82, 2.24) is 6.15 Å². The van der Waals surface area contributed by atoms with E-state index in [4.69, 9.17) is 0 Å². The lowest BCUT2D eigenvalue weighted by molar-refractivity contribution is -0.112. The quantitative estimate of drug-likeness (QED) is 0.532. The van der Waals surface area contributed by atoms with E-state index in [1.54, 1.807) is 0 Å². The molecular formula is C2H5BrClF3IN. The lowest BCUT2D eigenvalue weighted by Gasteiger charge is -2.03. The molecule has 0 aliphatic heterocycles. The largest absolute Gasteiger partial charge is 0.414 e. The van der Waals surface area contributed by atoms with Crippen LogP contribution in [0.1, 0.15) is 0 Å². The minimum atomic E-state index is -4.32. The summed E-state index contributed by atoms with van der Waals surface area (Å²) in [7, 11) is 0. The monoisotopic (exact) mass is 341 g/mol. The second-order valence-electron chi connectivity index (χ2n) is 0.842. The number of hydrogen-bond donors (Lipinski definition) is 1. The molecule has 0 spiro atoms. The van der Waals surface area contributed by atoms with Crippen LogP contribution in [-0.4, -0.2) is 10.5 Å². The van der Waals surface area contributed by atoms with Crippen molar-refractivity contribution >= 4 is 51.5 Å². The van der Waals surface area contributed by atoms with Crippen LogP contribution in [0.5, 0.6) is 0 Å².